The summed E-state index contributed by atoms with van der Waals surface area (Å²) in [5.74, 6) is -1.07. The summed E-state index contributed by atoms with van der Waals surface area (Å²) in [7, 11) is 0. The molecule has 0 saturated heterocycles. The summed E-state index contributed by atoms with van der Waals surface area (Å²) in [5, 5.41) is 3.31. The van der Waals surface area contributed by atoms with Gasteiger partial charge in [0.15, 0.2) is 0 Å². The molecule has 8 heteroatoms. The lowest BCUT2D eigenvalue weighted by molar-refractivity contribution is -0.138. The van der Waals surface area contributed by atoms with Crippen LogP contribution in [0.1, 0.15) is 30.9 Å². The van der Waals surface area contributed by atoms with E-state index in [0.717, 1.165) is 0 Å². The number of carbonyl (C=O) groups excluding carboxylic acids is 1. The molecule has 3 rings (SSSR count). The second-order valence-corrected chi connectivity index (χ2v) is 5.94. The van der Waals surface area contributed by atoms with Crippen molar-refractivity contribution >= 4 is 23.4 Å². The topological polar surface area (TPSA) is 104 Å². The summed E-state index contributed by atoms with van der Waals surface area (Å²) >= 11 is 6.32. The zero-order valence-electron chi connectivity index (χ0n) is 13.6. The second-order valence-electron chi connectivity index (χ2n) is 5.54. The maximum absolute atomic E-state index is 12.5. The molecule has 1 aromatic carbocycles. The van der Waals surface area contributed by atoms with E-state index in [4.69, 9.17) is 16.3 Å². The van der Waals surface area contributed by atoms with Gasteiger partial charge in [-0.15, -0.1) is 0 Å². The van der Waals surface area contributed by atoms with Gasteiger partial charge in [-0.3, -0.25) is 14.8 Å². The van der Waals surface area contributed by atoms with E-state index in [2.05, 4.69) is 15.3 Å². The summed E-state index contributed by atoms with van der Waals surface area (Å²) in [6.07, 6.45) is 0. The van der Waals surface area contributed by atoms with Crippen LogP contribution < -0.4 is 16.6 Å². The zero-order chi connectivity index (χ0) is 18.1. The first kappa shape index (κ1) is 17.0. The van der Waals surface area contributed by atoms with Gasteiger partial charge >= 0.3 is 11.7 Å². The zero-order valence-corrected chi connectivity index (χ0v) is 14.4. The van der Waals surface area contributed by atoms with Crippen LogP contribution in [0, 0.1) is 0 Å². The van der Waals surface area contributed by atoms with E-state index in [-0.39, 0.29) is 23.6 Å². The van der Waals surface area contributed by atoms with Gasteiger partial charge in [0.2, 0.25) is 0 Å². The number of aromatic amines is 2. The number of esters is 1. The number of H-pyrrole nitrogens is 2. The molecule has 1 aliphatic heterocycles. The fourth-order valence-electron chi connectivity index (χ4n) is 2.99. The Morgan fingerprint density at radius 1 is 1.24 bits per heavy atom. The Hall–Kier alpha value is -2.80. The Morgan fingerprint density at radius 3 is 2.64 bits per heavy atom. The highest BCUT2D eigenvalue weighted by molar-refractivity contribution is 6.31. The third kappa shape index (κ3) is 2.98. The number of ether oxygens (including phenoxy) is 1. The van der Waals surface area contributed by atoms with E-state index < -0.39 is 23.1 Å². The molecule has 0 unspecified atom stereocenters. The standard InChI is InChI=1S/C17H16ClN3O4/c1-3-25-16(23)11-8(2)19-14-13(15(22)21-17(24)20-14)12(11)9-6-4-5-7-10(9)18/h4-7,12H,3H2,1-2H3,(H3,19,20,21,22,24)/t12-/m1/s1. The molecule has 7 nitrogen and oxygen atoms in total. The number of aromatic nitrogens is 2. The Labute approximate surface area is 147 Å². The van der Waals surface area contributed by atoms with Crippen molar-refractivity contribution in [1.82, 2.24) is 9.97 Å². The van der Waals surface area contributed by atoms with Crippen LogP contribution in [0.4, 0.5) is 5.82 Å². The summed E-state index contributed by atoms with van der Waals surface area (Å²) in [6.45, 7) is 3.57. The number of hydrogen-bond donors (Lipinski definition) is 3. The van der Waals surface area contributed by atoms with Crippen molar-refractivity contribution < 1.29 is 9.53 Å². The van der Waals surface area contributed by atoms with Gasteiger partial charge in [-0.05, 0) is 25.5 Å². The lowest BCUT2D eigenvalue weighted by atomic mass is 9.82. The van der Waals surface area contributed by atoms with Crippen molar-refractivity contribution in [2.45, 2.75) is 19.8 Å². The van der Waals surface area contributed by atoms with E-state index in [1.54, 1.807) is 38.1 Å². The molecule has 0 amide bonds. The van der Waals surface area contributed by atoms with Crippen LogP contribution in [-0.4, -0.2) is 22.5 Å². The highest BCUT2D eigenvalue weighted by Crippen LogP contribution is 2.41. The average molecular weight is 362 g/mol. The van der Waals surface area contributed by atoms with E-state index >= 15 is 0 Å². The summed E-state index contributed by atoms with van der Waals surface area (Å²) < 4.78 is 5.16. The number of nitrogens with one attached hydrogen (secondary N) is 3. The third-order valence-corrected chi connectivity index (χ3v) is 4.33. The maximum Gasteiger partial charge on any atom is 0.336 e. The normalized spacial score (nSPS) is 16.2. The molecule has 1 aliphatic rings. The SMILES string of the molecule is CCOC(=O)C1=C(C)Nc2[nH]c(=O)[nH]c(=O)c2[C@@H]1c1ccccc1Cl. The minimum atomic E-state index is -0.760. The smallest absolute Gasteiger partial charge is 0.336 e. The van der Waals surface area contributed by atoms with Gasteiger partial charge < -0.3 is 10.1 Å². The van der Waals surface area contributed by atoms with Gasteiger partial charge in [-0.25, -0.2) is 9.59 Å². The fraction of sp³-hybridized carbons (Fsp3) is 0.235. The largest absolute Gasteiger partial charge is 0.463 e. The molecular weight excluding hydrogens is 346 g/mol. The highest BCUT2D eigenvalue weighted by atomic mass is 35.5. The van der Waals surface area contributed by atoms with Crippen LogP contribution >= 0.6 is 11.6 Å². The number of anilines is 1. The summed E-state index contributed by atoms with van der Waals surface area (Å²) in [5.41, 5.74) is 0.317. The lowest BCUT2D eigenvalue weighted by Gasteiger charge is -2.29. The quantitative estimate of drug-likeness (QED) is 0.726. The summed E-state index contributed by atoms with van der Waals surface area (Å²) in [6, 6.07) is 6.93. The van der Waals surface area contributed by atoms with Crippen LogP contribution in [0.15, 0.2) is 45.1 Å². The van der Waals surface area contributed by atoms with Gasteiger partial charge in [0.1, 0.15) is 5.82 Å². The first-order chi connectivity index (χ1) is 11.9. The molecule has 25 heavy (non-hydrogen) atoms. The van der Waals surface area contributed by atoms with E-state index in [9.17, 15) is 14.4 Å². The molecular formula is C17H16ClN3O4. The van der Waals surface area contributed by atoms with Gasteiger partial charge in [0, 0.05) is 10.7 Å². The number of benzene rings is 1. The van der Waals surface area contributed by atoms with Gasteiger partial charge in [-0.2, -0.15) is 0 Å². The molecule has 0 bridgehead atoms. The lowest BCUT2D eigenvalue weighted by Crippen LogP contribution is -2.35. The molecule has 3 N–H and O–H groups in total. The minimum absolute atomic E-state index is 0.194. The third-order valence-electron chi connectivity index (χ3n) is 3.98. The number of rotatable bonds is 3. The minimum Gasteiger partial charge on any atom is -0.463 e. The number of halogens is 1. The molecule has 1 aromatic heterocycles. The van der Waals surface area contributed by atoms with Crippen molar-refractivity contribution in [1.29, 1.82) is 0 Å². The molecule has 1 atom stereocenters. The number of carbonyl (C=O) groups is 1. The van der Waals surface area contributed by atoms with Crippen LogP contribution in [0.2, 0.25) is 5.02 Å². The first-order valence-corrected chi connectivity index (χ1v) is 8.07. The van der Waals surface area contributed by atoms with E-state index in [1.807, 2.05) is 0 Å². The monoisotopic (exact) mass is 361 g/mol. The summed E-state index contributed by atoms with van der Waals surface area (Å²) in [4.78, 5) is 41.4. The molecule has 0 saturated carbocycles. The van der Waals surface area contributed by atoms with Crippen molar-refractivity contribution in [3.63, 3.8) is 0 Å². The second kappa shape index (κ2) is 6.60. The van der Waals surface area contributed by atoms with E-state index in [1.165, 1.54) is 0 Å². The predicted octanol–water partition coefficient (Wildman–Crippen LogP) is 2.11. The molecule has 0 spiro atoms. The molecule has 2 aromatic rings. The van der Waals surface area contributed by atoms with Crippen LogP contribution in [0.25, 0.3) is 0 Å². The Kier molecular flexibility index (Phi) is 4.50. The Morgan fingerprint density at radius 2 is 1.96 bits per heavy atom. The fourth-order valence-corrected chi connectivity index (χ4v) is 3.23. The van der Waals surface area contributed by atoms with Gasteiger partial charge in [0.05, 0.1) is 23.7 Å². The number of allylic oxidation sites excluding steroid dienone is 1. The Balaban J connectivity index is 2.32. The van der Waals surface area contributed by atoms with Gasteiger partial charge in [0.25, 0.3) is 5.56 Å². The van der Waals surface area contributed by atoms with Crippen molar-refractivity contribution in [3.05, 3.63) is 72.5 Å². The van der Waals surface area contributed by atoms with Gasteiger partial charge in [-0.1, -0.05) is 29.8 Å². The predicted molar refractivity (Wildman–Crippen MR) is 93.9 cm³/mol. The van der Waals surface area contributed by atoms with E-state index in [0.29, 0.717) is 16.3 Å². The first-order valence-electron chi connectivity index (χ1n) is 7.69. The average Bonchev–Trinajstić information content (AvgIpc) is 2.53. The van der Waals surface area contributed by atoms with Crippen molar-refractivity contribution in [2.24, 2.45) is 0 Å². The molecule has 130 valence electrons. The molecule has 0 aliphatic carbocycles. The molecule has 2 heterocycles. The van der Waals surface area contributed by atoms with Crippen molar-refractivity contribution in [2.75, 3.05) is 11.9 Å². The Bertz CT molecular complexity index is 990. The number of fused-ring (bicyclic) bond motifs is 1. The number of hydrogen-bond acceptors (Lipinski definition) is 5. The molecule has 0 fully saturated rings. The van der Waals surface area contributed by atoms with Crippen molar-refractivity contribution in [3.8, 4) is 0 Å². The van der Waals surface area contributed by atoms with Crippen LogP contribution in [-0.2, 0) is 9.53 Å². The van der Waals surface area contributed by atoms with Crippen LogP contribution in [0.3, 0.4) is 0 Å². The van der Waals surface area contributed by atoms with Crippen LogP contribution in [0.5, 0.6) is 0 Å². The molecule has 0 radical (unpaired) electrons. The highest BCUT2D eigenvalue weighted by Gasteiger charge is 2.36. The maximum atomic E-state index is 12.5.